The molecule has 0 bridgehead atoms. The van der Waals surface area contributed by atoms with Crippen LogP contribution >= 0.6 is 15.9 Å². The Kier molecular flexibility index (Phi) is 4.50. The van der Waals surface area contributed by atoms with Gasteiger partial charge in [0.2, 0.25) is 0 Å². The molecule has 126 valence electrons. The monoisotopic (exact) mass is 402 g/mol. The first-order chi connectivity index (χ1) is 12.7. The first-order valence-corrected chi connectivity index (χ1v) is 9.03. The van der Waals surface area contributed by atoms with Gasteiger partial charge in [0.25, 0.3) is 5.91 Å². The largest absolute Gasteiger partial charge is 0.281 e. The number of rotatable bonds is 3. The van der Waals surface area contributed by atoms with Gasteiger partial charge >= 0.3 is 0 Å². The minimum absolute atomic E-state index is 0.127. The van der Waals surface area contributed by atoms with Crippen LogP contribution < -0.4 is 5.01 Å². The first-order valence-electron chi connectivity index (χ1n) is 8.23. The first kappa shape index (κ1) is 16.5. The number of hydrogen-bond acceptors (Lipinski definition) is 2. The number of carbonyl (C=O) groups is 1. The van der Waals surface area contributed by atoms with E-state index in [1.54, 1.807) is 0 Å². The summed E-state index contributed by atoms with van der Waals surface area (Å²) in [5.74, 6) is -0.127. The number of benzene rings is 3. The lowest BCUT2D eigenvalue weighted by atomic mass is 10.0. The number of halogens is 1. The van der Waals surface area contributed by atoms with E-state index in [1.807, 2.05) is 91.0 Å². The van der Waals surface area contributed by atoms with Gasteiger partial charge in [0, 0.05) is 10.0 Å². The molecule has 0 saturated carbocycles. The van der Waals surface area contributed by atoms with Crippen molar-refractivity contribution in [3.8, 4) is 0 Å². The molecule has 26 heavy (non-hydrogen) atoms. The normalized spacial score (nSPS) is 15.4. The van der Waals surface area contributed by atoms with Crippen molar-refractivity contribution in [2.75, 3.05) is 5.01 Å². The third-order valence-electron chi connectivity index (χ3n) is 4.11. The standard InChI is InChI=1S/C22H15BrN2O/c23-18-13-11-16(12-14-18)15-20-21(17-7-3-1-4-8-17)24-25(22(20)26)19-9-5-2-6-10-19/h1-15H. The van der Waals surface area contributed by atoms with Gasteiger partial charge in [-0.25, -0.2) is 0 Å². The van der Waals surface area contributed by atoms with Crippen molar-refractivity contribution in [1.29, 1.82) is 0 Å². The third kappa shape index (κ3) is 3.24. The van der Waals surface area contributed by atoms with E-state index in [0.29, 0.717) is 11.3 Å². The van der Waals surface area contributed by atoms with E-state index in [9.17, 15) is 4.79 Å². The van der Waals surface area contributed by atoms with Crippen molar-refractivity contribution in [1.82, 2.24) is 0 Å². The summed E-state index contributed by atoms with van der Waals surface area (Å²) in [6.45, 7) is 0. The van der Waals surface area contributed by atoms with E-state index in [0.717, 1.165) is 21.3 Å². The van der Waals surface area contributed by atoms with Crippen LogP contribution in [0.2, 0.25) is 0 Å². The summed E-state index contributed by atoms with van der Waals surface area (Å²) in [6.07, 6.45) is 1.89. The Bertz CT molecular complexity index is 993. The summed E-state index contributed by atoms with van der Waals surface area (Å²) in [5.41, 5.74) is 3.90. The van der Waals surface area contributed by atoms with Crippen molar-refractivity contribution in [2.45, 2.75) is 0 Å². The van der Waals surface area contributed by atoms with Crippen molar-refractivity contribution in [3.05, 3.63) is 106 Å². The predicted octanol–water partition coefficient (Wildman–Crippen LogP) is 5.28. The van der Waals surface area contributed by atoms with Gasteiger partial charge in [-0.05, 0) is 35.9 Å². The molecule has 4 heteroatoms. The highest BCUT2D eigenvalue weighted by Crippen LogP contribution is 2.27. The van der Waals surface area contributed by atoms with E-state index in [2.05, 4.69) is 21.0 Å². The molecular formula is C22H15BrN2O. The second-order valence-corrected chi connectivity index (χ2v) is 6.79. The van der Waals surface area contributed by atoms with Crippen molar-refractivity contribution < 1.29 is 4.79 Å². The molecular weight excluding hydrogens is 388 g/mol. The van der Waals surface area contributed by atoms with E-state index >= 15 is 0 Å². The van der Waals surface area contributed by atoms with Crippen LogP contribution in [0.5, 0.6) is 0 Å². The number of hydrazone groups is 1. The zero-order valence-electron chi connectivity index (χ0n) is 13.8. The van der Waals surface area contributed by atoms with Crippen LogP contribution in [0.15, 0.2) is 100 Å². The predicted molar refractivity (Wildman–Crippen MR) is 109 cm³/mol. The maximum atomic E-state index is 13.1. The number of nitrogens with zero attached hydrogens (tertiary/aromatic N) is 2. The molecule has 1 heterocycles. The molecule has 0 fully saturated rings. The Labute approximate surface area is 160 Å². The van der Waals surface area contributed by atoms with Gasteiger partial charge in [-0.2, -0.15) is 10.1 Å². The minimum Gasteiger partial charge on any atom is -0.267 e. The lowest BCUT2D eigenvalue weighted by Crippen LogP contribution is -2.21. The molecule has 0 aromatic heterocycles. The molecule has 3 nitrogen and oxygen atoms in total. The fourth-order valence-corrected chi connectivity index (χ4v) is 3.09. The SMILES string of the molecule is O=C1C(=Cc2ccc(Br)cc2)C(c2ccccc2)=NN1c1ccccc1. The quantitative estimate of drug-likeness (QED) is 0.548. The van der Waals surface area contributed by atoms with Crippen molar-refractivity contribution in [3.63, 3.8) is 0 Å². The molecule has 0 unspecified atom stereocenters. The highest BCUT2D eigenvalue weighted by atomic mass is 79.9. The Morgan fingerprint density at radius 1 is 0.808 bits per heavy atom. The van der Waals surface area contributed by atoms with Crippen LogP contribution in [0, 0.1) is 0 Å². The molecule has 0 spiro atoms. The average Bonchev–Trinajstić information content (AvgIpc) is 3.01. The summed E-state index contributed by atoms with van der Waals surface area (Å²) in [4.78, 5) is 13.1. The van der Waals surface area contributed by atoms with Gasteiger partial charge in [-0.3, -0.25) is 4.79 Å². The summed E-state index contributed by atoms with van der Waals surface area (Å²) in [6, 6.07) is 27.1. The Hall–Kier alpha value is -2.98. The summed E-state index contributed by atoms with van der Waals surface area (Å²) < 4.78 is 1.00. The second kappa shape index (κ2) is 7.10. The smallest absolute Gasteiger partial charge is 0.267 e. The fraction of sp³-hybridized carbons (Fsp3) is 0. The number of amides is 1. The van der Waals surface area contributed by atoms with E-state index in [4.69, 9.17) is 0 Å². The second-order valence-electron chi connectivity index (χ2n) is 5.88. The molecule has 1 aliphatic rings. The van der Waals surface area contributed by atoms with Gasteiger partial charge in [0.05, 0.1) is 11.3 Å². The van der Waals surface area contributed by atoms with E-state index in [-0.39, 0.29) is 5.91 Å². The number of para-hydroxylation sites is 1. The number of carbonyl (C=O) groups excluding carboxylic acids is 1. The highest BCUT2D eigenvalue weighted by molar-refractivity contribution is 9.10. The number of anilines is 1. The zero-order chi connectivity index (χ0) is 17.9. The Morgan fingerprint density at radius 2 is 1.42 bits per heavy atom. The molecule has 0 radical (unpaired) electrons. The lowest BCUT2D eigenvalue weighted by molar-refractivity contribution is -0.114. The molecule has 1 amide bonds. The van der Waals surface area contributed by atoms with Crippen LogP contribution in [0.3, 0.4) is 0 Å². The minimum atomic E-state index is -0.127. The van der Waals surface area contributed by atoms with E-state index in [1.165, 1.54) is 5.01 Å². The van der Waals surface area contributed by atoms with Gasteiger partial charge in [0.1, 0.15) is 5.71 Å². The highest BCUT2D eigenvalue weighted by Gasteiger charge is 2.31. The van der Waals surface area contributed by atoms with Crippen LogP contribution in [-0.2, 0) is 4.79 Å². The molecule has 1 aliphatic heterocycles. The fourth-order valence-electron chi connectivity index (χ4n) is 2.82. The average molecular weight is 403 g/mol. The summed E-state index contributed by atoms with van der Waals surface area (Å²) in [5, 5.41) is 6.09. The number of hydrogen-bond donors (Lipinski definition) is 0. The molecule has 3 aromatic carbocycles. The maximum absolute atomic E-state index is 13.1. The van der Waals surface area contributed by atoms with Gasteiger partial charge < -0.3 is 0 Å². The molecule has 0 atom stereocenters. The lowest BCUT2D eigenvalue weighted by Gasteiger charge is -2.10. The molecule has 3 aromatic rings. The summed E-state index contributed by atoms with van der Waals surface area (Å²) in [7, 11) is 0. The Balaban J connectivity index is 1.82. The third-order valence-corrected chi connectivity index (χ3v) is 4.64. The van der Waals surface area contributed by atoms with Crippen LogP contribution in [0.4, 0.5) is 5.69 Å². The van der Waals surface area contributed by atoms with Gasteiger partial charge in [-0.15, -0.1) is 0 Å². The topological polar surface area (TPSA) is 32.7 Å². The van der Waals surface area contributed by atoms with Crippen LogP contribution in [-0.4, -0.2) is 11.6 Å². The van der Waals surface area contributed by atoms with Gasteiger partial charge in [0.15, 0.2) is 0 Å². The van der Waals surface area contributed by atoms with Crippen LogP contribution in [0.1, 0.15) is 11.1 Å². The van der Waals surface area contributed by atoms with Gasteiger partial charge in [-0.1, -0.05) is 76.6 Å². The Morgan fingerprint density at radius 3 is 2.08 bits per heavy atom. The molecule has 0 saturated heterocycles. The maximum Gasteiger partial charge on any atom is 0.281 e. The van der Waals surface area contributed by atoms with Crippen LogP contribution in [0.25, 0.3) is 6.08 Å². The molecule has 0 aliphatic carbocycles. The molecule has 4 rings (SSSR count). The van der Waals surface area contributed by atoms with Crippen molar-refractivity contribution in [2.24, 2.45) is 5.10 Å². The summed E-state index contributed by atoms with van der Waals surface area (Å²) >= 11 is 3.44. The zero-order valence-corrected chi connectivity index (χ0v) is 15.4. The molecule has 0 N–H and O–H groups in total. The van der Waals surface area contributed by atoms with E-state index < -0.39 is 0 Å². The van der Waals surface area contributed by atoms with Crippen molar-refractivity contribution >= 4 is 39.3 Å².